The summed E-state index contributed by atoms with van der Waals surface area (Å²) in [5.41, 5.74) is -0.440. The van der Waals surface area contributed by atoms with Gasteiger partial charge in [-0.15, -0.1) is 0 Å². The SMILES string of the molecule is OCCN(CC(F)F)CC1(CO)CCOC1. The van der Waals surface area contributed by atoms with Gasteiger partial charge in [-0.1, -0.05) is 0 Å². The van der Waals surface area contributed by atoms with Crippen LogP contribution >= 0.6 is 0 Å². The Labute approximate surface area is 93.8 Å². The second-order valence-corrected chi connectivity index (χ2v) is 4.31. The minimum absolute atomic E-state index is 0.0713. The highest BCUT2D eigenvalue weighted by Gasteiger charge is 2.36. The Hall–Kier alpha value is -0.300. The number of rotatable bonds is 7. The summed E-state index contributed by atoms with van der Waals surface area (Å²) in [6.45, 7) is 0.896. The van der Waals surface area contributed by atoms with Crippen LogP contribution in [0.1, 0.15) is 6.42 Å². The van der Waals surface area contributed by atoms with Gasteiger partial charge in [0.1, 0.15) is 0 Å². The van der Waals surface area contributed by atoms with E-state index in [1.165, 1.54) is 4.90 Å². The van der Waals surface area contributed by atoms with E-state index < -0.39 is 11.8 Å². The molecule has 0 aromatic rings. The molecular weight excluding hydrogens is 220 g/mol. The van der Waals surface area contributed by atoms with Crippen molar-refractivity contribution in [2.75, 3.05) is 46.1 Å². The first kappa shape index (κ1) is 13.8. The Morgan fingerprint density at radius 1 is 1.38 bits per heavy atom. The van der Waals surface area contributed by atoms with Gasteiger partial charge in [-0.2, -0.15) is 0 Å². The van der Waals surface area contributed by atoms with E-state index in [0.717, 1.165) is 0 Å². The van der Waals surface area contributed by atoms with E-state index in [4.69, 9.17) is 9.84 Å². The molecule has 0 saturated carbocycles. The van der Waals surface area contributed by atoms with Crippen LogP contribution in [0.3, 0.4) is 0 Å². The third kappa shape index (κ3) is 3.93. The number of alkyl halides is 2. The van der Waals surface area contributed by atoms with Crippen molar-refractivity contribution in [1.29, 1.82) is 0 Å². The summed E-state index contributed by atoms with van der Waals surface area (Å²) in [5, 5.41) is 18.1. The lowest BCUT2D eigenvalue weighted by molar-refractivity contribution is 0.0215. The lowest BCUT2D eigenvalue weighted by Crippen LogP contribution is -2.43. The molecule has 0 amide bonds. The second kappa shape index (κ2) is 6.44. The van der Waals surface area contributed by atoms with E-state index in [1.54, 1.807) is 0 Å². The fraction of sp³-hybridized carbons (Fsp3) is 1.00. The molecule has 1 aliphatic heterocycles. The van der Waals surface area contributed by atoms with Gasteiger partial charge in [-0.25, -0.2) is 8.78 Å². The van der Waals surface area contributed by atoms with Gasteiger partial charge in [0.05, 0.1) is 26.4 Å². The summed E-state index contributed by atoms with van der Waals surface area (Å²) in [4.78, 5) is 1.48. The van der Waals surface area contributed by atoms with Gasteiger partial charge in [0.25, 0.3) is 6.43 Å². The fourth-order valence-electron chi connectivity index (χ4n) is 1.99. The van der Waals surface area contributed by atoms with Gasteiger partial charge >= 0.3 is 0 Å². The summed E-state index contributed by atoms with van der Waals surface area (Å²) in [5.74, 6) is 0. The second-order valence-electron chi connectivity index (χ2n) is 4.31. The van der Waals surface area contributed by atoms with Crippen molar-refractivity contribution < 1.29 is 23.7 Å². The average Bonchev–Trinajstić information content (AvgIpc) is 2.66. The van der Waals surface area contributed by atoms with E-state index >= 15 is 0 Å². The van der Waals surface area contributed by atoms with Crippen LogP contribution < -0.4 is 0 Å². The van der Waals surface area contributed by atoms with Crippen molar-refractivity contribution in [3.05, 3.63) is 0 Å². The van der Waals surface area contributed by atoms with E-state index in [1.807, 2.05) is 0 Å². The van der Waals surface area contributed by atoms with Crippen molar-refractivity contribution in [1.82, 2.24) is 4.90 Å². The molecular formula is C10H19F2NO3. The molecule has 96 valence electrons. The highest BCUT2D eigenvalue weighted by molar-refractivity contribution is 4.86. The molecule has 0 aromatic heterocycles. The molecule has 4 nitrogen and oxygen atoms in total. The van der Waals surface area contributed by atoms with Crippen LogP contribution in [0.25, 0.3) is 0 Å². The molecule has 16 heavy (non-hydrogen) atoms. The Balaban J connectivity index is 2.50. The first-order chi connectivity index (χ1) is 7.62. The molecule has 1 atom stereocenters. The van der Waals surface area contributed by atoms with Crippen LogP contribution in [-0.4, -0.2) is 67.6 Å². The van der Waals surface area contributed by atoms with Crippen molar-refractivity contribution in [3.63, 3.8) is 0 Å². The van der Waals surface area contributed by atoms with Gasteiger partial charge in [0, 0.05) is 25.1 Å². The predicted octanol–water partition coefficient (Wildman–Crippen LogP) is -0.0552. The summed E-state index contributed by atoms with van der Waals surface area (Å²) in [6, 6.07) is 0. The molecule has 1 fully saturated rings. The third-order valence-corrected chi connectivity index (χ3v) is 2.89. The Bertz CT molecular complexity index is 199. The molecule has 6 heteroatoms. The van der Waals surface area contributed by atoms with Crippen LogP contribution in [0.4, 0.5) is 8.78 Å². The lowest BCUT2D eigenvalue weighted by Gasteiger charge is -2.32. The number of hydrogen-bond acceptors (Lipinski definition) is 4. The van der Waals surface area contributed by atoms with E-state index in [2.05, 4.69) is 0 Å². The van der Waals surface area contributed by atoms with Crippen molar-refractivity contribution in [2.24, 2.45) is 5.41 Å². The molecule has 0 aromatic carbocycles. The molecule has 1 saturated heterocycles. The zero-order chi connectivity index (χ0) is 12.0. The number of hydrogen-bond donors (Lipinski definition) is 2. The maximum atomic E-state index is 12.3. The number of nitrogens with zero attached hydrogens (tertiary/aromatic N) is 1. The largest absolute Gasteiger partial charge is 0.396 e. The first-order valence-electron chi connectivity index (χ1n) is 5.42. The van der Waals surface area contributed by atoms with Crippen molar-refractivity contribution in [3.8, 4) is 0 Å². The van der Waals surface area contributed by atoms with Crippen LogP contribution in [0.15, 0.2) is 0 Å². The van der Waals surface area contributed by atoms with Gasteiger partial charge in [-0.3, -0.25) is 4.90 Å². The molecule has 1 unspecified atom stereocenters. The molecule has 1 aliphatic rings. The van der Waals surface area contributed by atoms with Crippen LogP contribution in [-0.2, 0) is 4.74 Å². The molecule has 0 aliphatic carbocycles. The van der Waals surface area contributed by atoms with E-state index in [9.17, 15) is 13.9 Å². The van der Waals surface area contributed by atoms with Crippen LogP contribution in [0, 0.1) is 5.41 Å². The van der Waals surface area contributed by atoms with Gasteiger partial charge in [0.15, 0.2) is 0 Å². The first-order valence-corrected chi connectivity index (χ1v) is 5.42. The highest BCUT2D eigenvalue weighted by atomic mass is 19.3. The number of ether oxygens (including phenoxy) is 1. The lowest BCUT2D eigenvalue weighted by atomic mass is 9.87. The average molecular weight is 239 g/mol. The molecule has 1 heterocycles. The van der Waals surface area contributed by atoms with Gasteiger partial charge in [0.2, 0.25) is 0 Å². The Morgan fingerprint density at radius 2 is 2.12 bits per heavy atom. The monoisotopic (exact) mass is 239 g/mol. The zero-order valence-electron chi connectivity index (χ0n) is 9.24. The summed E-state index contributed by atoms with van der Waals surface area (Å²) >= 11 is 0. The zero-order valence-corrected chi connectivity index (χ0v) is 9.24. The van der Waals surface area contributed by atoms with Crippen LogP contribution in [0.5, 0.6) is 0 Å². The van der Waals surface area contributed by atoms with Crippen LogP contribution in [0.2, 0.25) is 0 Å². The normalized spacial score (nSPS) is 25.9. The minimum Gasteiger partial charge on any atom is -0.396 e. The molecule has 0 spiro atoms. The quantitative estimate of drug-likeness (QED) is 0.654. The maximum absolute atomic E-state index is 12.3. The topological polar surface area (TPSA) is 52.9 Å². The fourth-order valence-corrected chi connectivity index (χ4v) is 1.99. The number of aliphatic hydroxyl groups is 2. The molecule has 2 N–H and O–H groups in total. The van der Waals surface area contributed by atoms with Crippen molar-refractivity contribution >= 4 is 0 Å². The van der Waals surface area contributed by atoms with Gasteiger partial charge < -0.3 is 14.9 Å². The molecule has 1 rings (SSSR count). The van der Waals surface area contributed by atoms with E-state index in [0.29, 0.717) is 26.2 Å². The molecule has 0 bridgehead atoms. The molecule has 0 radical (unpaired) electrons. The van der Waals surface area contributed by atoms with Gasteiger partial charge in [-0.05, 0) is 6.42 Å². The number of aliphatic hydroxyl groups excluding tert-OH is 2. The maximum Gasteiger partial charge on any atom is 0.251 e. The third-order valence-electron chi connectivity index (χ3n) is 2.89. The Morgan fingerprint density at radius 3 is 2.56 bits per heavy atom. The van der Waals surface area contributed by atoms with E-state index in [-0.39, 0.29) is 26.3 Å². The highest BCUT2D eigenvalue weighted by Crippen LogP contribution is 2.29. The number of halogens is 2. The summed E-state index contributed by atoms with van der Waals surface area (Å²) in [7, 11) is 0. The summed E-state index contributed by atoms with van der Waals surface area (Å²) < 4.78 is 29.8. The Kier molecular flexibility index (Phi) is 5.54. The predicted molar refractivity (Wildman–Crippen MR) is 54.5 cm³/mol. The summed E-state index contributed by atoms with van der Waals surface area (Å²) in [6.07, 6.45) is -1.75. The standard InChI is InChI=1S/C10H19F2NO3/c11-9(12)5-13(2-3-14)6-10(7-15)1-4-16-8-10/h9,14-15H,1-8H2. The smallest absolute Gasteiger partial charge is 0.251 e. The minimum atomic E-state index is -2.43. The van der Waals surface area contributed by atoms with Crippen molar-refractivity contribution in [2.45, 2.75) is 12.8 Å².